The second-order valence-electron chi connectivity index (χ2n) is 4.04. The number of alkyl halides is 6. The van der Waals surface area contributed by atoms with E-state index in [0.717, 1.165) is 25.3 Å². The van der Waals surface area contributed by atoms with Gasteiger partial charge in [-0.2, -0.15) is 26.3 Å². The summed E-state index contributed by atoms with van der Waals surface area (Å²) >= 11 is 0. The lowest BCUT2D eigenvalue weighted by Crippen LogP contribution is -2.10. The fraction of sp³-hybridized carbons (Fsp3) is 0.250. The van der Waals surface area contributed by atoms with Crippen LogP contribution >= 0.6 is 0 Å². The van der Waals surface area contributed by atoms with Gasteiger partial charge in [0.05, 0.1) is 16.6 Å². The standard InChI is InChI=1S/C12H7F6N/c1-6-4-7-8(11(13,14)15)2-3-19-10(7)5-9(6)12(16,17)18/h2-5H,1H3. The first-order valence-electron chi connectivity index (χ1n) is 5.14. The fourth-order valence-corrected chi connectivity index (χ4v) is 1.85. The van der Waals surface area contributed by atoms with Crippen molar-refractivity contribution in [3.05, 3.63) is 41.1 Å². The number of benzene rings is 1. The Labute approximate surface area is 103 Å². The molecule has 7 heteroatoms. The van der Waals surface area contributed by atoms with Crippen molar-refractivity contribution in [3.63, 3.8) is 0 Å². The number of pyridine rings is 1. The van der Waals surface area contributed by atoms with E-state index < -0.39 is 23.5 Å². The summed E-state index contributed by atoms with van der Waals surface area (Å²) in [4.78, 5) is 3.57. The molecule has 102 valence electrons. The average molecular weight is 279 g/mol. The largest absolute Gasteiger partial charge is 0.417 e. The van der Waals surface area contributed by atoms with E-state index in [0.29, 0.717) is 6.07 Å². The molecular formula is C12H7F6N. The molecule has 1 heterocycles. The Morgan fingerprint density at radius 3 is 2.00 bits per heavy atom. The molecule has 0 spiro atoms. The van der Waals surface area contributed by atoms with Gasteiger partial charge in [0.1, 0.15) is 0 Å². The summed E-state index contributed by atoms with van der Waals surface area (Å²) in [5, 5.41) is -0.333. The monoisotopic (exact) mass is 279 g/mol. The van der Waals surface area contributed by atoms with Gasteiger partial charge in [-0.05, 0) is 30.7 Å². The van der Waals surface area contributed by atoms with Gasteiger partial charge in [-0.25, -0.2) is 0 Å². The van der Waals surface area contributed by atoms with Crippen molar-refractivity contribution in [2.45, 2.75) is 19.3 Å². The van der Waals surface area contributed by atoms with Gasteiger partial charge in [-0.15, -0.1) is 0 Å². The molecule has 0 saturated carbocycles. The van der Waals surface area contributed by atoms with Crippen molar-refractivity contribution in [2.24, 2.45) is 0 Å². The lowest BCUT2D eigenvalue weighted by Gasteiger charge is -2.14. The molecule has 2 rings (SSSR count). The maximum absolute atomic E-state index is 12.7. The van der Waals surface area contributed by atoms with E-state index in [2.05, 4.69) is 4.98 Å². The number of nitrogens with zero attached hydrogens (tertiary/aromatic N) is 1. The molecule has 0 aliphatic rings. The molecule has 1 nitrogen and oxygen atoms in total. The molecule has 0 unspecified atom stereocenters. The molecule has 0 bridgehead atoms. The van der Waals surface area contributed by atoms with Crippen LogP contribution in [0.3, 0.4) is 0 Å². The van der Waals surface area contributed by atoms with Crippen LogP contribution in [0.5, 0.6) is 0 Å². The summed E-state index contributed by atoms with van der Waals surface area (Å²) in [6.45, 7) is 1.12. The molecule has 0 atom stereocenters. The van der Waals surface area contributed by atoms with E-state index in [9.17, 15) is 26.3 Å². The van der Waals surface area contributed by atoms with Crippen molar-refractivity contribution >= 4 is 10.9 Å². The normalized spacial score (nSPS) is 13.0. The predicted molar refractivity (Wildman–Crippen MR) is 56.5 cm³/mol. The minimum absolute atomic E-state index is 0.265. The molecular weight excluding hydrogens is 272 g/mol. The predicted octanol–water partition coefficient (Wildman–Crippen LogP) is 4.58. The second-order valence-corrected chi connectivity index (χ2v) is 4.04. The zero-order valence-electron chi connectivity index (χ0n) is 9.52. The average Bonchev–Trinajstić information content (AvgIpc) is 2.24. The number of aromatic nitrogens is 1. The van der Waals surface area contributed by atoms with Gasteiger partial charge in [0.2, 0.25) is 0 Å². The summed E-state index contributed by atoms with van der Waals surface area (Å²) in [6, 6.07) is 2.25. The minimum Gasteiger partial charge on any atom is -0.256 e. The van der Waals surface area contributed by atoms with Crippen LogP contribution in [0.2, 0.25) is 0 Å². The number of fused-ring (bicyclic) bond motifs is 1. The van der Waals surface area contributed by atoms with Crippen molar-refractivity contribution in [1.29, 1.82) is 0 Å². The quantitative estimate of drug-likeness (QED) is 0.643. The third-order valence-corrected chi connectivity index (χ3v) is 2.70. The molecule has 0 saturated heterocycles. The van der Waals surface area contributed by atoms with E-state index in [-0.39, 0.29) is 16.5 Å². The number of hydrogen-bond acceptors (Lipinski definition) is 1. The van der Waals surface area contributed by atoms with E-state index >= 15 is 0 Å². The van der Waals surface area contributed by atoms with Gasteiger partial charge in [-0.3, -0.25) is 4.98 Å². The van der Waals surface area contributed by atoms with Crippen molar-refractivity contribution < 1.29 is 26.3 Å². The molecule has 0 radical (unpaired) electrons. The molecule has 0 aliphatic heterocycles. The summed E-state index contributed by atoms with van der Waals surface area (Å²) in [5.74, 6) is 0. The minimum atomic E-state index is -4.63. The van der Waals surface area contributed by atoms with Gasteiger partial charge >= 0.3 is 12.4 Å². The highest BCUT2D eigenvalue weighted by Gasteiger charge is 2.35. The summed E-state index contributed by atoms with van der Waals surface area (Å²) in [5.41, 5.74) is -2.56. The number of hydrogen-bond donors (Lipinski definition) is 0. The van der Waals surface area contributed by atoms with E-state index in [1.54, 1.807) is 0 Å². The molecule has 0 N–H and O–H groups in total. The van der Waals surface area contributed by atoms with Crippen LogP contribution in [0.15, 0.2) is 24.4 Å². The van der Waals surface area contributed by atoms with E-state index in [1.807, 2.05) is 0 Å². The molecule has 19 heavy (non-hydrogen) atoms. The highest BCUT2D eigenvalue weighted by atomic mass is 19.4. The maximum Gasteiger partial charge on any atom is 0.417 e. The first-order valence-corrected chi connectivity index (χ1v) is 5.14. The highest BCUT2D eigenvalue weighted by molar-refractivity contribution is 5.84. The SMILES string of the molecule is Cc1cc2c(C(F)(F)F)ccnc2cc1C(F)(F)F. The topological polar surface area (TPSA) is 12.9 Å². The molecule has 2 aromatic rings. The zero-order chi connectivity index (χ0) is 14.4. The van der Waals surface area contributed by atoms with Crippen LogP contribution < -0.4 is 0 Å². The smallest absolute Gasteiger partial charge is 0.256 e. The maximum atomic E-state index is 12.7. The number of rotatable bonds is 0. The van der Waals surface area contributed by atoms with Crippen LogP contribution in [0.25, 0.3) is 10.9 Å². The summed E-state index contributed by atoms with van der Waals surface area (Å²) in [6.07, 6.45) is -8.40. The second kappa shape index (κ2) is 4.11. The van der Waals surface area contributed by atoms with Crippen LogP contribution in [0.1, 0.15) is 16.7 Å². The molecule has 0 fully saturated rings. The van der Waals surface area contributed by atoms with Gasteiger partial charge < -0.3 is 0 Å². The summed E-state index contributed by atoms with van der Waals surface area (Å²) in [7, 11) is 0. The molecule has 1 aromatic heterocycles. The Balaban J connectivity index is 2.79. The van der Waals surface area contributed by atoms with Gasteiger partial charge in [0.15, 0.2) is 0 Å². The first kappa shape index (κ1) is 13.6. The third-order valence-electron chi connectivity index (χ3n) is 2.70. The van der Waals surface area contributed by atoms with Gasteiger partial charge in [-0.1, -0.05) is 0 Å². The number of halogens is 6. The van der Waals surface area contributed by atoms with Crippen LogP contribution in [0.4, 0.5) is 26.3 Å². The van der Waals surface area contributed by atoms with E-state index in [4.69, 9.17) is 0 Å². The molecule has 0 aliphatic carbocycles. The molecule has 1 aromatic carbocycles. The van der Waals surface area contributed by atoms with Crippen molar-refractivity contribution in [2.75, 3.05) is 0 Å². The van der Waals surface area contributed by atoms with Gasteiger partial charge in [0, 0.05) is 11.6 Å². The van der Waals surface area contributed by atoms with Crippen molar-refractivity contribution in [1.82, 2.24) is 4.98 Å². The Morgan fingerprint density at radius 2 is 1.47 bits per heavy atom. The first-order chi connectivity index (χ1) is 8.60. The molecule has 0 amide bonds. The lowest BCUT2D eigenvalue weighted by atomic mass is 10.0. The summed E-state index contributed by atoms with van der Waals surface area (Å²) < 4.78 is 76.2. The number of aryl methyl sites for hydroxylation is 1. The third kappa shape index (κ3) is 2.50. The Kier molecular flexibility index (Phi) is 2.95. The Bertz CT molecular complexity index is 626. The van der Waals surface area contributed by atoms with E-state index in [1.165, 1.54) is 0 Å². The lowest BCUT2D eigenvalue weighted by molar-refractivity contribution is -0.138. The van der Waals surface area contributed by atoms with Crippen molar-refractivity contribution in [3.8, 4) is 0 Å². The zero-order valence-corrected chi connectivity index (χ0v) is 9.52. The highest BCUT2D eigenvalue weighted by Crippen LogP contribution is 2.38. The Hall–Kier alpha value is -1.79. The fourth-order valence-electron chi connectivity index (χ4n) is 1.85. The Morgan fingerprint density at radius 1 is 0.895 bits per heavy atom. The van der Waals surface area contributed by atoms with Gasteiger partial charge in [0.25, 0.3) is 0 Å². The van der Waals surface area contributed by atoms with Crippen LogP contribution in [0, 0.1) is 6.92 Å². The van der Waals surface area contributed by atoms with Crippen LogP contribution in [-0.2, 0) is 12.4 Å². The van der Waals surface area contributed by atoms with Crippen LogP contribution in [-0.4, -0.2) is 4.98 Å².